The van der Waals surface area contributed by atoms with E-state index < -0.39 is 0 Å². The van der Waals surface area contributed by atoms with Crippen molar-refractivity contribution in [1.29, 1.82) is 0 Å². The zero-order valence-corrected chi connectivity index (χ0v) is 11.2. The van der Waals surface area contributed by atoms with Gasteiger partial charge in [-0.15, -0.1) is 0 Å². The SMILES string of the molecule is CCC(CCCCCCCCC[N+](=O)[O-])[N+](=O)[O-]. The molecule has 0 aromatic carbocycles. The summed E-state index contributed by atoms with van der Waals surface area (Å²) in [7, 11) is 0. The molecule has 6 nitrogen and oxygen atoms in total. The zero-order valence-electron chi connectivity index (χ0n) is 11.2. The highest BCUT2D eigenvalue weighted by molar-refractivity contribution is 4.55. The van der Waals surface area contributed by atoms with Crippen LogP contribution in [0, 0.1) is 20.2 Å². The minimum absolute atomic E-state index is 0.0705. The summed E-state index contributed by atoms with van der Waals surface area (Å²) in [5.74, 6) is 0. The van der Waals surface area contributed by atoms with Gasteiger partial charge in [0, 0.05) is 29.1 Å². The lowest BCUT2D eigenvalue weighted by Gasteiger charge is -2.06. The van der Waals surface area contributed by atoms with Crippen LogP contribution in [-0.4, -0.2) is 22.4 Å². The summed E-state index contributed by atoms with van der Waals surface area (Å²) < 4.78 is 0. The molecule has 0 aliphatic carbocycles. The Kier molecular flexibility index (Phi) is 10.2. The van der Waals surface area contributed by atoms with Crippen LogP contribution >= 0.6 is 0 Å². The Hall–Kier alpha value is -1.20. The lowest BCUT2D eigenvalue weighted by molar-refractivity contribution is -0.523. The van der Waals surface area contributed by atoms with E-state index in [0.717, 1.165) is 38.5 Å². The van der Waals surface area contributed by atoms with Gasteiger partial charge in [-0.2, -0.15) is 0 Å². The second-order valence-corrected chi connectivity index (χ2v) is 4.67. The molecular weight excluding hydrogens is 236 g/mol. The van der Waals surface area contributed by atoms with Gasteiger partial charge in [0.25, 0.3) is 0 Å². The van der Waals surface area contributed by atoms with Crippen LogP contribution in [0.5, 0.6) is 0 Å². The fraction of sp³-hybridized carbons (Fsp3) is 1.00. The first-order chi connectivity index (χ1) is 8.57. The number of hydrogen-bond donors (Lipinski definition) is 0. The van der Waals surface area contributed by atoms with Crippen molar-refractivity contribution in [2.75, 3.05) is 6.54 Å². The second kappa shape index (κ2) is 10.9. The van der Waals surface area contributed by atoms with E-state index in [9.17, 15) is 20.2 Å². The third kappa shape index (κ3) is 9.99. The molecule has 0 aromatic rings. The number of unbranched alkanes of at least 4 members (excludes halogenated alkanes) is 6. The molecule has 0 heterocycles. The van der Waals surface area contributed by atoms with Crippen molar-refractivity contribution in [2.24, 2.45) is 0 Å². The van der Waals surface area contributed by atoms with Crippen molar-refractivity contribution in [3.8, 4) is 0 Å². The molecule has 0 rings (SSSR count). The largest absolute Gasteiger partial charge is 0.265 e. The third-order valence-electron chi connectivity index (χ3n) is 3.15. The summed E-state index contributed by atoms with van der Waals surface area (Å²) in [6.45, 7) is 1.92. The van der Waals surface area contributed by atoms with E-state index in [-0.39, 0.29) is 22.4 Å². The molecule has 0 amide bonds. The highest BCUT2D eigenvalue weighted by Gasteiger charge is 2.15. The van der Waals surface area contributed by atoms with Gasteiger partial charge < -0.3 is 0 Å². The van der Waals surface area contributed by atoms with E-state index in [2.05, 4.69) is 0 Å². The molecule has 1 unspecified atom stereocenters. The minimum Gasteiger partial charge on any atom is -0.265 e. The van der Waals surface area contributed by atoms with Crippen molar-refractivity contribution < 1.29 is 9.85 Å². The zero-order chi connectivity index (χ0) is 13.8. The van der Waals surface area contributed by atoms with Crippen molar-refractivity contribution in [2.45, 2.75) is 70.8 Å². The molecule has 0 N–H and O–H groups in total. The van der Waals surface area contributed by atoms with E-state index >= 15 is 0 Å². The lowest BCUT2D eigenvalue weighted by atomic mass is 10.0. The van der Waals surface area contributed by atoms with Crippen molar-refractivity contribution >= 4 is 0 Å². The molecule has 6 heteroatoms. The van der Waals surface area contributed by atoms with Gasteiger partial charge in [0.1, 0.15) is 0 Å². The van der Waals surface area contributed by atoms with Gasteiger partial charge in [-0.25, -0.2) is 0 Å². The average molecular weight is 260 g/mol. The molecule has 0 spiro atoms. The maximum Gasteiger partial charge on any atom is 0.212 e. The summed E-state index contributed by atoms with van der Waals surface area (Å²) in [6.07, 6.45) is 7.96. The van der Waals surface area contributed by atoms with Crippen LogP contribution in [0.4, 0.5) is 0 Å². The Morgan fingerprint density at radius 3 is 1.83 bits per heavy atom. The Balaban J connectivity index is 3.25. The first kappa shape index (κ1) is 16.8. The van der Waals surface area contributed by atoms with Crippen LogP contribution in [0.25, 0.3) is 0 Å². The third-order valence-corrected chi connectivity index (χ3v) is 3.15. The van der Waals surface area contributed by atoms with Crippen LogP contribution in [-0.2, 0) is 0 Å². The molecule has 0 bridgehead atoms. The normalized spacial score (nSPS) is 12.3. The molecule has 0 saturated carbocycles. The smallest absolute Gasteiger partial charge is 0.212 e. The first-order valence-corrected chi connectivity index (χ1v) is 6.83. The number of rotatable bonds is 12. The molecule has 106 valence electrons. The van der Waals surface area contributed by atoms with Gasteiger partial charge in [-0.1, -0.05) is 32.6 Å². The number of hydrogen-bond acceptors (Lipinski definition) is 4. The van der Waals surface area contributed by atoms with Crippen molar-refractivity contribution in [3.05, 3.63) is 20.2 Å². The Morgan fingerprint density at radius 1 is 0.889 bits per heavy atom. The molecule has 0 aliphatic rings. The summed E-state index contributed by atoms with van der Waals surface area (Å²) in [6, 6.07) is -0.384. The van der Waals surface area contributed by atoms with Gasteiger partial charge in [0.05, 0.1) is 0 Å². The Bertz CT molecular complexity index is 246. The molecular formula is C12H24N2O4. The van der Waals surface area contributed by atoms with E-state index in [1.54, 1.807) is 0 Å². The van der Waals surface area contributed by atoms with Crippen molar-refractivity contribution in [3.63, 3.8) is 0 Å². The summed E-state index contributed by atoms with van der Waals surface area (Å²) in [5, 5.41) is 20.6. The van der Waals surface area contributed by atoms with Gasteiger partial charge in [-0.3, -0.25) is 20.2 Å². The summed E-state index contributed by atoms with van der Waals surface area (Å²) >= 11 is 0. The predicted molar refractivity (Wildman–Crippen MR) is 69.9 cm³/mol. The molecule has 0 aliphatic heterocycles. The summed E-state index contributed by atoms with van der Waals surface area (Å²) in [5.41, 5.74) is 0. The highest BCUT2D eigenvalue weighted by atomic mass is 16.6. The van der Waals surface area contributed by atoms with E-state index in [0.29, 0.717) is 19.3 Å². The fourth-order valence-corrected chi connectivity index (χ4v) is 1.96. The summed E-state index contributed by atoms with van der Waals surface area (Å²) in [4.78, 5) is 20.2. The van der Waals surface area contributed by atoms with Crippen LogP contribution in [0.1, 0.15) is 64.7 Å². The topological polar surface area (TPSA) is 86.3 Å². The Morgan fingerprint density at radius 2 is 1.39 bits per heavy atom. The van der Waals surface area contributed by atoms with Crippen LogP contribution < -0.4 is 0 Å². The highest BCUT2D eigenvalue weighted by Crippen LogP contribution is 2.12. The molecule has 0 fully saturated rings. The van der Waals surface area contributed by atoms with Crippen LogP contribution in [0.15, 0.2) is 0 Å². The Labute approximate surface area is 108 Å². The minimum atomic E-state index is -0.384. The predicted octanol–water partition coefficient (Wildman–Crippen LogP) is 3.44. The maximum atomic E-state index is 10.6. The molecule has 0 saturated heterocycles. The fourth-order valence-electron chi connectivity index (χ4n) is 1.96. The monoisotopic (exact) mass is 260 g/mol. The van der Waals surface area contributed by atoms with Gasteiger partial charge in [0.2, 0.25) is 12.6 Å². The van der Waals surface area contributed by atoms with Crippen LogP contribution in [0.2, 0.25) is 0 Å². The molecule has 18 heavy (non-hydrogen) atoms. The average Bonchev–Trinajstić information content (AvgIpc) is 2.31. The number of nitro groups is 2. The lowest BCUT2D eigenvalue weighted by Crippen LogP contribution is -2.17. The van der Waals surface area contributed by atoms with E-state index in [1.165, 1.54) is 0 Å². The van der Waals surface area contributed by atoms with E-state index in [4.69, 9.17) is 0 Å². The van der Waals surface area contributed by atoms with Gasteiger partial charge in [-0.05, 0) is 12.8 Å². The van der Waals surface area contributed by atoms with Gasteiger partial charge >= 0.3 is 0 Å². The number of nitrogens with zero attached hydrogens (tertiary/aromatic N) is 2. The molecule has 0 radical (unpaired) electrons. The quantitative estimate of drug-likeness (QED) is 0.305. The molecule has 1 atom stereocenters. The maximum absolute atomic E-state index is 10.6. The standard InChI is InChI=1S/C12H24N2O4/c1-2-12(14(17)18)10-8-6-4-3-5-7-9-11-13(15)16/h12H,2-11H2,1H3. The van der Waals surface area contributed by atoms with Crippen LogP contribution in [0.3, 0.4) is 0 Å². The van der Waals surface area contributed by atoms with Gasteiger partial charge in [0.15, 0.2) is 0 Å². The van der Waals surface area contributed by atoms with E-state index in [1.807, 2.05) is 6.92 Å². The first-order valence-electron chi connectivity index (χ1n) is 6.83. The molecule has 0 aromatic heterocycles. The second-order valence-electron chi connectivity index (χ2n) is 4.67. The van der Waals surface area contributed by atoms with Crippen molar-refractivity contribution in [1.82, 2.24) is 0 Å².